The Morgan fingerprint density at radius 1 is 0.882 bits per heavy atom. The number of hydrogen-bond donors (Lipinski definition) is 1. The minimum absolute atomic E-state index is 0.135. The fourth-order valence-electron chi connectivity index (χ4n) is 1.86. The molecule has 0 saturated heterocycles. The van der Waals surface area contributed by atoms with E-state index in [9.17, 15) is 0 Å². The third-order valence-corrected chi connectivity index (χ3v) is 2.61. The lowest BCUT2D eigenvalue weighted by molar-refractivity contribution is 0.734. The van der Waals surface area contributed by atoms with Gasteiger partial charge in [0.15, 0.2) is 0 Å². The predicted molar refractivity (Wildman–Crippen MR) is 73.5 cm³/mol. The Hall–Kier alpha value is -1.80. The van der Waals surface area contributed by atoms with Gasteiger partial charge in [-0.3, -0.25) is 0 Å². The molecular weight excluding hydrogens is 208 g/mol. The van der Waals surface area contributed by atoms with E-state index in [-0.39, 0.29) is 6.04 Å². The summed E-state index contributed by atoms with van der Waals surface area (Å²) in [4.78, 5) is 2.24. The Morgan fingerprint density at radius 2 is 1.29 bits per heavy atom. The first-order valence-electron chi connectivity index (χ1n) is 5.90. The summed E-state index contributed by atoms with van der Waals surface area (Å²) in [6, 6.07) is 20.8. The SMILES string of the molecule is CC(N)CN(c1ccccc1)c1ccccc1. The van der Waals surface area contributed by atoms with Crippen LogP contribution in [0, 0.1) is 0 Å². The summed E-state index contributed by atoms with van der Waals surface area (Å²) in [5.74, 6) is 0. The van der Waals surface area contributed by atoms with Crippen molar-refractivity contribution < 1.29 is 0 Å². The summed E-state index contributed by atoms with van der Waals surface area (Å²) < 4.78 is 0. The molecule has 0 saturated carbocycles. The van der Waals surface area contributed by atoms with Gasteiger partial charge in [0.25, 0.3) is 0 Å². The van der Waals surface area contributed by atoms with Crippen LogP contribution in [-0.2, 0) is 0 Å². The topological polar surface area (TPSA) is 29.3 Å². The Labute approximate surface area is 103 Å². The standard InChI is InChI=1S/C15H18N2/c1-13(16)12-17(14-8-4-2-5-9-14)15-10-6-3-7-11-15/h2-11,13H,12,16H2,1H3. The molecule has 0 fully saturated rings. The maximum absolute atomic E-state index is 5.93. The molecule has 2 rings (SSSR count). The first-order chi connectivity index (χ1) is 8.27. The number of nitrogens with two attached hydrogens (primary N) is 1. The predicted octanol–water partition coefficient (Wildman–Crippen LogP) is 3.17. The van der Waals surface area contributed by atoms with Crippen molar-refractivity contribution in [1.82, 2.24) is 0 Å². The average molecular weight is 226 g/mol. The van der Waals surface area contributed by atoms with Crippen molar-refractivity contribution in [3.63, 3.8) is 0 Å². The molecule has 88 valence electrons. The van der Waals surface area contributed by atoms with Gasteiger partial charge in [0.05, 0.1) is 0 Å². The molecule has 1 unspecified atom stereocenters. The van der Waals surface area contributed by atoms with Crippen LogP contribution in [0.15, 0.2) is 60.7 Å². The lowest BCUT2D eigenvalue weighted by atomic mass is 10.2. The van der Waals surface area contributed by atoms with Gasteiger partial charge >= 0.3 is 0 Å². The molecule has 0 aliphatic rings. The van der Waals surface area contributed by atoms with E-state index in [0.29, 0.717) is 0 Å². The van der Waals surface area contributed by atoms with Crippen LogP contribution in [0.2, 0.25) is 0 Å². The number of para-hydroxylation sites is 2. The van der Waals surface area contributed by atoms with Gasteiger partial charge in [0.1, 0.15) is 0 Å². The van der Waals surface area contributed by atoms with Crippen molar-refractivity contribution in [1.29, 1.82) is 0 Å². The summed E-state index contributed by atoms with van der Waals surface area (Å²) in [5, 5.41) is 0. The maximum atomic E-state index is 5.93. The quantitative estimate of drug-likeness (QED) is 0.867. The van der Waals surface area contributed by atoms with Gasteiger partial charge in [-0.2, -0.15) is 0 Å². The van der Waals surface area contributed by atoms with Gasteiger partial charge in [0, 0.05) is 24.0 Å². The molecule has 2 aromatic rings. The van der Waals surface area contributed by atoms with Crippen molar-refractivity contribution in [2.75, 3.05) is 11.4 Å². The maximum Gasteiger partial charge on any atom is 0.0411 e. The molecule has 0 aliphatic heterocycles. The zero-order valence-electron chi connectivity index (χ0n) is 10.1. The molecule has 0 aliphatic carbocycles. The van der Waals surface area contributed by atoms with Crippen LogP contribution < -0.4 is 10.6 Å². The fraction of sp³-hybridized carbons (Fsp3) is 0.200. The van der Waals surface area contributed by atoms with Crippen LogP contribution in [-0.4, -0.2) is 12.6 Å². The van der Waals surface area contributed by atoms with Crippen LogP contribution in [0.25, 0.3) is 0 Å². The zero-order chi connectivity index (χ0) is 12.1. The number of anilines is 2. The Bertz CT molecular complexity index is 397. The summed E-state index contributed by atoms with van der Waals surface area (Å²) in [6.07, 6.45) is 0. The molecule has 1 atom stereocenters. The van der Waals surface area contributed by atoms with E-state index >= 15 is 0 Å². The lowest BCUT2D eigenvalue weighted by Gasteiger charge is -2.26. The second kappa shape index (κ2) is 5.51. The zero-order valence-corrected chi connectivity index (χ0v) is 10.1. The fourth-order valence-corrected chi connectivity index (χ4v) is 1.86. The molecule has 0 bridgehead atoms. The monoisotopic (exact) mass is 226 g/mol. The molecule has 0 heterocycles. The second-order valence-electron chi connectivity index (χ2n) is 4.26. The van der Waals surface area contributed by atoms with Crippen LogP contribution in [0.4, 0.5) is 11.4 Å². The Kier molecular flexibility index (Phi) is 3.78. The minimum Gasteiger partial charge on any atom is -0.340 e. The first-order valence-corrected chi connectivity index (χ1v) is 5.90. The lowest BCUT2D eigenvalue weighted by Crippen LogP contribution is -2.32. The van der Waals surface area contributed by atoms with Gasteiger partial charge < -0.3 is 10.6 Å². The average Bonchev–Trinajstić information content (AvgIpc) is 2.38. The van der Waals surface area contributed by atoms with Crippen molar-refractivity contribution in [2.45, 2.75) is 13.0 Å². The number of rotatable bonds is 4. The normalized spacial score (nSPS) is 12.1. The second-order valence-corrected chi connectivity index (χ2v) is 4.26. The first kappa shape index (κ1) is 11.7. The van der Waals surface area contributed by atoms with E-state index < -0.39 is 0 Å². The third kappa shape index (κ3) is 3.08. The van der Waals surface area contributed by atoms with Crippen molar-refractivity contribution in [3.8, 4) is 0 Å². The molecule has 0 amide bonds. The smallest absolute Gasteiger partial charge is 0.0411 e. The van der Waals surface area contributed by atoms with E-state index in [0.717, 1.165) is 6.54 Å². The van der Waals surface area contributed by atoms with E-state index in [1.54, 1.807) is 0 Å². The summed E-state index contributed by atoms with van der Waals surface area (Å²) in [7, 11) is 0. The van der Waals surface area contributed by atoms with E-state index in [1.807, 2.05) is 43.3 Å². The molecule has 2 nitrogen and oxygen atoms in total. The molecule has 2 N–H and O–H groups in total. The summed E-state index contributed by atoms with van der Waals surface area (Å²) in [5.41, 5.74) is 8.28. The molecule has 2 heteroatoms. The highest BCUT2D eigenvalue weighted by Gasteiger charge is 2.09. The van der Waals surface area contributed by atoms with Gasteiger partial charge in [-0.15, -0.1) is 0 Å². The van der Waals surface area contributed by atoms with Crippen LogP contribution in [0.1, 0.15) is 6.92 Å². The largest absolute Gasteiger partial charge is 0.340 e. The van der Waals surface area contributed by atoms with Crippen LogP contribution in [0.5, 0.6) is 0 Å². The molecule has 0 aromatic heterocycles. The van der Waals surface area contributed by atoms with Crippen LogP contribution in [0.3, 0.4) is 0 Å². The van der Waals surface area contributed by atoms with E-state index in [2.05, 4.69) is 29.2 Å². The number of nitrogens with zero attached hydrogens (tertiary/aromatic N) is 1. The van der Waals surface area contributed by atoms with Gasteiger partial charge in [0.2, 0.25) is 0 Å². The van der Waals surface area contributed by atoms with Gasteiger partial charge in [-0.25, -0.2) is 0 Å². The molecule has 0 radical (unpaired) electrons. The highest BCUT2D eigenvalue weighted by atomic mass is 15.1. The summed E-state index contributed by atoms with van der Waals surface area (Å²) >= 11 is 0. The molecule has 17 heavy (non-hydrogen) atoms. The number of benzene rings is 2. The van der Waals surface area contributed by atoms with E-state index in [4.69, 9.17) is 5.73 Å². The van der Waals surface area contributed by atoms with E-state index in [1.165, 1.54) is 11.4 Å². The highest BCUT2D eigenvalue weighted by molar-refractivity contribution is 5.63. The van der Waals surface area contributed by atoms with Crippen molar-refractivity contribution in [3.05, 3.63) is 60.7 Å². The Balaban J connectivity index is 2.32. The van der Waals surface area contributed by atoms with Gasteiger partial charge in [-0.1, -0.05) is 36.4 Å². The molecular formula is C15H18N2. The molecule has 2 aromatic carbocycles. The van der Waals surface area contributed by atoms with Crippen molar-refractivity contribution in [2.24, 2.45) is 5.73 Å². The minimum atomic E-state index is 0.135. The summed E-state index contributed by atoms with van der Waals surface area (Å²) in [6.45, 7) is 2.84. The van der Waals surface area contributed by atoms with Crippen LogP contribution >= 0.6 is 0 Å². The van der Waals surface area contributed by atoms with Gasteiger partial charge in [-0.05, 0) is 31.2 Å². The highest BCUT2D eigenvalue weighted by Crippen LogP contribution is 2.24. The number of hydrogen-bond acceptors (Lipinski definition) is 2. The van der Waals surface area contributed by atoms with Crippen molar-refractivity contribution >= 4 is 11.4 Å². The third-order valence-electron chi connectivity index (χ3n) is 2.61. The Morgan fingerprint density at radius 3 is 1.65 bits per heavy atom. The molecule has 0 spiro atoms.